The van der Waals surface area contributed by atoms with Crippen molar-refractivity contribution in [2.45, 2.75) is 49.3 Å². The summed E-state index contributed by atoms with van der Waals surface area (Å²) in [4.78, 5) is 54.1. The fourth-order valence-corrected chi connectivity index (χ4v) is 6.10. The first-order valence-corrected chi connectivity index (χ1v) is 15.4. The molecule has 6 rings (SSSR count). The van der Waals surface area contributed by atoms with Gasteiger partial charge < -0.3 is 45.1 Å². The molecule has 2 aliphatic rings. The third-order valence-electron chi connectivity index (χ3n) is 6.85. The predicted octanol–water partition coefficient (Wildman–Crippen LogP) is -2.41. The van der Waals surface area contributed by atoms with Crippen molar-refractivity contribution in [3.8, 4) is 0 Å². The van der Waals surface area contributed by atoms with Crippen LogP contribution < -0.4 is 11.3 Å². The standard InChI is InChI=1S/C20H23N9O13P2/c21-14-8-15(23-2-22-14)28(4-26-8)18-11(31)12(32)20(41-18)38-6-44(36,37)42-13-10(30)7(1-39-43(34)35)40-19(13)29-5-27-9-16(29)24-3-25-17(9)33/h2-5,7,10-13,18-20,30-32H,1,6H2,(H4-,21,22,23,24,25,33,34,35,36,37)/p+1/t7-,10+,11+,12-,13+,18-,19-,20+/m1/s1. The van der Waals surface area contributed by atoms with Crippen molar-refractivity contribution >= 4 is 44.0 Å². The molecule has 10 atom stereocenters. The van der Waals surface area contributed by atoms with E-state index < -0.39 is 83.6 Å². The van der Waals surface area contributed by atoms with Crippen LogP contribution in [0.3, 0.4) is 0 Å². The summed E-state index contributed by atoms with van der Waals surface area (Å²) in [7, 11) is -7.92. The van der Waals surface area contributed by atoms with E-state index in [0.29, 0.717) is 0 Å². The monoisotopic (exact) mass is 660 g/mol. The van der Waals surface area contributed by atoms with Crippen LogP contribution in [-0.4, -0.2) is 114 Å². The summed E-state index contributed by atoms with van der Waals surface area (Å²) in [6.07, 6.45) is -8.84. The number of nitrogens with one attached hydrogen (secondary N) is 1. The number of hydrogen-bond donors (Lipinski definition) is 7. The summed E-state index contributed by atoms with van der Waals surface area (Å²) < 4.78 is 53.3. The first kappa shape index (κ1) is 30.6. The van der Waals surface area contributed by atoms with Gasteiger partial charge in [-0.25, -0.2) is 24.9 Å². The maximum Gasteiger partial charge on any atom is 0.694 e. The van der Waals surface area contributed by atoms with Gasteiger partial charge in [0.25, 0.3) is 5.56 Å². The quantitative estimate of drug-likeness (QED) is 0.0871. The highest BCUT2D eigenvalue weighted by Gasteiger charge is 2.51. The molecule has 0 aliphatic carbocycles. The largest absolute Gasteiger partial charge is 0.694 e. The van der Waals surface area contributed by atoms with Gasteiger partial charge in [-0.15, -0.1) is 9.42 Å². The Morgan fingerprint density at radius 2 is 1.70 bits per heavy atom. The zero-order valence-corrected chi connectivity index (χ0v) is 23.7. The average Bonchev–Trinajstić information content (AvgIpc) is 3.73. The van der Waals surface area contributed by atoms with E-state index in [1.165, 1.54) is 10.9 Å². The van der Waals surface area contributed by atoms with Crippen LogP contribution in [0.4, 0.5) is 5.82 Å². The van der Waals surface area contributed by atoms with Crippen molar-refractivity contribution in [3.63, 3.8) is 0 Å². The number of nitrogens with two attached hydrogens (primary N) is 1. The van der Waals surface area contributed by atoms with E-state index in [2.05, 4.69) is 34.4 Å². The van der Waals surface area contributed by atoms with Crippen LogP contribution in [0.2, 0.25) is 0 Å². The van der Waals surface area contributed by atoms with Gasteiger partial charge in [0.1, 0.15) is 49.0 Å². The van der Waals surface area contributed by atoms with Crippen LogP contribution in [0.15, 0.2) is 30.1 Å². The SMILES string of the molecule is Nc1ncnc2c1ncn2[C@@H]1O[C@H](OCP(=O)(O)O[C@H]2[C@@H](O)[C@@H](CO[P+](=O)O)O[C@H]2n2cnc3c(=O)[nH]cnc32)[C@H](O)[C@@H]1O. The van der Waals surface area contributed by atoms with Crippen molar-refractivity contribution in [2.24, 2.45) is 0 Å². The number of rotatable bonds is 10. The molecule has 24 heteroatoms. The summed E-state index contributed by atoms with van der Waals surface area (Å²) in [6, 6.07) is 0. The Kier molecular flexibility index (Phi) is 8.26. The van der Waals surface area contributed by atoms with Gasteiger partial charge in [-0.3, -0.25) is 23.0 Å². The molecule has 0 amide bonds. The van der Waals surface area contributed by atoms with E-state index in [1.54, 1.807) is 0 Å². The number of hydrogen-bond acceptors (Lipinski definition) is 17. The molecule has 2 unspecified atom stereocenters. The smallest absolute Gasteiger partial charge is 0.387 e. The predicted molar refractivity (Wildman–Crippen MR) is 140 cm³/mol. The lowest BCUT2D eigenvalue weighted by Gasteiger charge is -2.25. The molecule has 0 bridgehead atoms. The molecule has 0 spiro atoms. The highest BCUT2D eigenvalue weighted by Crippen LogP contribution is 2.49. The molecule has 6 heterocycles. The van der Waals surface area contributed by atoms with Crippen molar-refractivity contribution in [3.05, 3.63) is 35.7 Å². The van der Waals surface area contributed by atoms with Crippen molar-refractivity contribution in [1.82, 2.24) is 39.0 Å². The van der Waals surface area contributed by atoms with Crippen molar-refractivity contribution < 1.29 is 57.5 Å². The minimum Gasteiger partial charge on any atom is -0.387 e. The van der Waals surface area contributed by atoms with Crippen LogP contribution in [0.1, 0.15) is 12.5 Å². The molecule has 0 aromatic carbocycles. The zero-order chi connectivity index (χ0) is 31.3. The highest BCUT2D eigenvalue weighted by molar-refractivity contribution is 7.52. The molecule has 4 aromatic rings. The van der Waals surface area contributed by atoms with E-state index in [4.69, 9.17) is 29.4 Å². The van der Waals surface area contributed by atoms with Crippen LogP contribution in [0, 0.1) is 0 Å². The number of nitrogen functional groups attached to an aromatic ring is 1. The van der Waals surface area contributed by atoms with Crippen LogP contribution in [0.25, 0.3) is 22.3 Å². The Hall–Kier alpha value is -3.37. The maximum atomic E-state index is 13.2. The normalized spacial score (nSPS) is 30.7. The van der Waals surface area contributed by atoms with Gasteiger partial charge in [0.2, 0.25) is 0 Å². The van der Waals surface area contributed by atoms with Gasteiger partial charge >= 0.3 is 15.9 Å². The number of imidazole rings is 2. The molecular formula is C20H24N9O13P2+. The fraction of sp³-hybridized carbons (Fsp3) is 0.500. The van der Waals surface area contributed by atoms with Gasteiger partial charge in [-0.05, 0) is 0 Å². The molecule has 22 nitrogen and oxygen atoms in total. The number of fused-ring (bicyclic) bond motifs is 2. The van der Waals surface area contributed by atoms with E-state index in [0.717, 1.165) is 23.5 Å². The van der Waals surface area contributed by atoms with Crippen LogP contribution >= 0.6 is 15.9 Å². The minimum absolute atomic E-state index is 0.0278. The summed E-state index contributed by atoms with van der Waals surface area (Å²) >= 11 is 0. The fourth-order valence-electron chi connectivity index (χ4n) is 4.82. The lowest BCUT2D eigenvalue weighted by atomic mass is 10.1. The molecule has 8 N–H and O–H groups in total. The maximum absolute atomic E-state index is 13.2. The van der Waals surface area contributed by atoms with E-state index in [9.17, 15) is 34.1 Å². The molecule has 4 aromatic heterocycles. The summed E-state index contributed by atoms with van der Waals surface area (Å²) in [5.74, 6) is 0.0644. The lowest BCUT2D eigenvalue weighted by molar-refractivity contribution is -0.168. The van der Waals surface area contributed by atoms with Gasteiger partial charge in [0.05, 0.1) is 19.0 Å². The average molecular weight is 660 g/mol. The Morgan fingerprint density at radius 3 is 2.45 bits per heavy atom. The van der Waals surface area contributed by atoms with Gasteiger partial charge in [0, 0.05) is 4.57 Å². The minimum atomic E-state index is -4.84. The number of aromatic amines is 1. The zero-order valence-electron chi connectivity index (χ0n) is 21.9. The van der Waals surface area contributed by atoms with Crippen LogP contribution in [0.5, 0.6) is 0 Å². The second-order valence-electron chi connectivity index (χ2n) is 9.61. The number of nitrogens with zero attached hydrogens (tertiary/aromatic N) is 7. The summed E-state index contributed by atoms with van der Waals surface area (Å²) in [6.45, 7) is -0.614. The summed E-state index contributed by atoms with van der Waals surface area (Å²) in [5.41, 5.74) is 5.44. The second kappa shape index (κ2) is 11.9. The number of aromatic nitrogens is 8. The number of anilines is 1. The van der Waals surface area contributed by atoms with E-state index >= 15 is 0 Å². The molecule has 2 aliphatic heterocycles. The van der Waals surface area contributed by atoms with E-state index in [1.807, 2.05) is 0 Å². The number of H-pyrrole nitrogens is 1. The molecule has 2 fully saturated rings. The van der Waals surface area contributed by atoms with Crippen LogP contribution in [-0.2, 0) is 32.4 Å². The van der Waals surface area contributed by atoms with E-state index in [-0.39, 0.29) is 28.1 Å². The number of aliphatic hydroxyl groups is 3. The van der Waals surface area contributed by atoms with Crippen molar-refractivity contribution in [1.29, 1.82) is 0 Å². The summed E-state index contributed by atoms with van der Waals surface area (Å²) in [5, 5.41) is 32.0. The molecule has 2 saturated heterocycles. The van der Waals surface area contributed by atoms with Crippen molar-refractivity contribution in [2.75, 3.05) is 18.7 Å². The first-order chi connectivity index (χ1) is 20.9. The third kappa shape index (κ3) is 5.62. The lowest BCUT2D eigenvalue weighted by Crippen LogP contribution is -2.36. The Labute approximate surface area is 244 Å². The topological polar surface area (TPSA) is 315 Å². The Morgan fingerprint density at radius 1 is 1.00 bits per heavy atom. The molecule has 236 valence electrons. The Bertz CT molecular complexity index is 1800. The number of aliphatic hydroxyl groups excluding tert-OH is 3. The number of ether oxygens (including phenoxy) is 3. The molecule has 0 saturated carbocycles. The van der Waals surface area contributed by atoms with Gasteiger partial charge in [-0.2, -0.15) is 0 Å². The van der Waals surface area contributed by atoms with Gasteiger partial charge in [-0.1, -0.05) is 0 Å². The third-order valence-corrected chi connectivity index (χ3v) is 8.26. The Balaban J connectivity index is 1.19. The van der Waals surface area contributed by atoms with Gasteiger partial charge in [0.15, 0.2) is 47.7 Å². The molecule has 44 heavy (non-hydrogen) atoms. The highest BCUT2D eigenvalue weighted by atomic mass is 31.2. The molecular weight excluding hydrogens is 636 g/mol. The molecule has 0 radical (unpaired) electrons. The first-order valence-electron chi connectivity index (χ1n) is 12.5. The second-order valence-corrected chi connectivity index (χ2v) is 12.1.